The van der Waals surface area contributed by atoms with Crippen LogP contribution in [0.25, 0.3) is 0 Å². The Morgan fingerprint density at radius 3 is 2.81 bits per heavy atom. The van der Waals surface area contributed by atoms with Crippen molar-refractivity contribution in [3.05, 3.63) is 76.3 Å². The maximum Gasteiger partial charge on any atom is 0.266 e. The number of nitrogens with zero attached hydrogens (tertiary/aromatic N) is 3. The fourth-order valence-electron chi connectivity index (χ4n) is 2.96. The van der Waals surface area contributed by atoms with E-state index in [0.29, 0.717) is 30.6 Å². The molecule has 1 saturated heterocycles. The number of halogens is 1. The van der Waals surface area contributed by atoms with Crippen molar-refractivity contribution in [3.63, 3.8) is 0 Å². The lowest BCUT2D eigenvalue weighted by Crippen LogP contribution is -2.32. The van der Waals surface area contributed by atoms with Crippen LogP contribution in [0.5, 0.6) is 0 Å². The zero-order valence-electron chi connectivity index (χ0n) is 14.9. The molecule has 2 aromatic rings. The van der Waals surface area contributed by atoms with Gasteiger partial charge in [0.15, 0.2) is 5.57 Å². The average molecular weight is 382 g/mol. The van der Waals surface area contributed by atoms with E-state index in [-0.39, 0.29) is 11.6 Å². The highest BCUT2D eigenvalue weighted by Crippen LogP contribution is 2.18. The SMILES string of the molecule is CC(NC(=O)/C(C#N)=C1/NCCN1Cc1ccc(Cl)nc1)c1ccccc1. The maximum atomic E-state index is 12.7. The van der Waals surface area contributed by atoms with Gasteiger partial charge in [0.1, 0.15) is 17.0 Å². The molecule has 1 atom stereocenters. The highest BCUT2D eigenvalue weighted by molar-refractivity contribution is 6.29. The van der Waals surface area contributed by atoms with Gasteiger partial charge < -0.3 is 15.5 Å². The number of benzene rings is 1. The molecule has 7 heteroatoms. The van der Waals surface area contributed by atoms with Gasteiger partial charge in [-0.05, 0) is 24.1 Å². The molecule has 1 amide bonds. The van der Waals surface area contributed by atoms with Gasteiger partial charge in [-0.25, -0.2) is 4.98 Å². The number of pyridine rings is 1. The van der Waals surface area contributed by atoms with Crippen molar-refractivity contribution < 1.29 is 4.79 Å². The number of nitriles is 1. The Kier molecular flexibility index (Phi) is 5.94. The summed E-state index contributed by atoms with van der Waals surface area (Å²) in [6.07, 6.45) is 1.70. The van der Waals surface area contributed by atoms with Crippen LogP contribution in [0.4, 0.5) is 0 Å². The number of rotatable bonds is 5. The molecule has 0 radical (unpaired) electrons. The Morgan fingerprint density at radius 2 is 2.15 bits per heavy atom. The molecule has 2 N–H and O–H groups in total. The van der Waals surface area contributed by atoms with E-state index in [9.17, 15) is 10.1 Å². The molecular formula is C20H20ClN5O. The molecule has 0 saturated carbocycles. The Bertz CT molecular complexity index is 873. The van der Waals surface area contributed by atoms with Gasteiger partial charge in [0, 0.05) is 25.8 Å². The molecule has 1 aliphatic heterocycles. The summed E-state index contributed by atoms with van der Waals surface area (Å²) >= 11 is 5.83. The quantitative estimate of drug-likeness (QED) is 0.473. The lowest BCUT2D eigenvalue weighted by atomic mass is 10.1. The number of carbonyl (C=O) groups is 1. The Balaban J connectivity index is 1.76. The third kappa shape index (κ3) is 4.57. The molecule has 6 nitrogen and oxygen atoms in total. The standard InChI is InChI=1S/C20H20ClN5O/c1-14(16-5-3-2-4-6-16)25-20(27)17(11-22)19-23-9-10-26(19)13-15-7-8-18(21)24-12-15/h2-8,12,14,23H,9-10,13H2,1H3,(H,25,27)/b19-17-. The van der Waals surface area contributed by atoms with Gasteiger partial charge in [0.2, 0.25) is 0 Å². The van der Waals surface area contributed by atoms with E-state index in [4.69, 9.17) is 11.6 Å². The van der Waals surface area contributed by atoms with E-state index in [0.717, 1.165) is 11.1 Å². The molecule has 1 unspecified atom stereocenters. The van der Waals surface area contributed by atoms with Crippen LogP contribution in [-0.4, -0.2) is 28.9 Å². The summed E-state index contributed by atoms with van der Waals surface area (Å²) in [6, 6.07) is 15.1. The van der Waals surface area contributed by atoms with E-state index in [1.165, 1.54) is 0 Å². The molecule has 138 valence electrons. The Hall–Kier alpha value is -3.04. The van der Waals surface area contributed by atoms with E-state index in [1.54, 1.807) is 12.3 Å². The van der Waals surface area contributed by atoms with Crippen molar-refractivity contribution in [1.29, 1.82) is 5.26 Å². The van der Waals surface area contributed by atoms with Crippen LogP contribution in [0.1, 0.15) is 24.1 Å². The fraction of sp³-hybridized carbons (Fsp3) is 0.250. The second kappa shape index (κ2) is 8.56. The molecule has 1 aliphatic rings. The first-order valence-electron chi connectivity index (χ1n) is 8.68. The number of hydrogen-bond acceptors (Lipinski definition) is 5. The van der Waals surface area contributed by atoms with Gasteiger partial charge in [-0.15, -0.1) is 0 Å². The number of amides is 1. The zero-order valence-corrected chi connectivity index (χ0v) is 15.7. The van der Waals surface area contributed by atoms with Crippen molar-refractivity contribution in [2.45, 2.75) is 19.5 Å². The maximum absolute atomic E-state index is 12.7. The molecular weight excluding hydrogens is 362 g/mol. The first kappa shape index (κ1) is 18.7. The third-order valence-corrected chi connectivity index (χ3v) is 4.60. The highest BCUT2D eigenvalue weighted by atomic mass is 35.5. The summed E-state index contributed by atoms with van der Waals surface area (Å²) in [7, 11) is 0. The van der Waals surface area contributed by atoms with Gasteiger partial charge in [-0.3, -0.25) is 4.79 Å². The number of hydrogen-bond donors (Lipinski definition) is 2. The molecule has 0 aliphatic carbocycles. The topological polar surface area (TPSA) is 81.0 Å². The predicted molar refractivity (Wildman–Crippen MR) is 103 cm³/mol. The van der Waals surface area contributed by atoms with Crippen LogP contribution >= 0.6 is 11.6 Å². The highest BCUT2D eigenvalue weighted by Gasteiger charge is 2.25. The van der Waals surface area contributed by atoms with Gasteiger partial charge in [-0.2, -0.15) is 5.26 Å². The number of carbonyl (C=O) groups excluding carboxylic acids is 1. The first-order valence-corrected chi connectivity index (χ1v) is 9.05. The summed E-state index contributed by atoms with van der Waals surface area (Å²) in [4.78, 5) is 18.7. The van der Waals surface area contributed by atoms with Gasteiger partial charge in [0.25, 0.3) is 5.91 Å². The molecule has 1 aromatic carbocycles. The number of aromatic nitrogens is 1. The molecule has 0 bridgehead atoms. The normalized spacial score (nSPS) is 16.3. The number of nitrogens with one attached hydrogen (secondary N) is 2. The zero-order chi connectivity index (χ0) is 19.2. The Morgan fingerprint density at radius 1 is 1.37 bits per heavy atom. The van der Waals surface area contributed by atoms with Gasteiger partial charge >= 0.3 is 0 Å². The van der Waals surface area contributed by atoms with Crippen LogP contribution in [-0.2, 0) is 11.3 Å². The molecule has 27 heavy (non-hydrogen) atoms. The molecule has 1 fully saturated rings. The largest absolute Gasteiger partial charge is 0.369 e. The molecule has 1 aromatic heterocycles. The summed E-state index contributed by atoms with van der Waals surface area (Å²) in [5.74, 6) is 0.155. The minimum atomic E-state index is -0.391. The summed E-state index contributed by atoms with van der Waals surface area (Å²) in [5, 5.41) is 16.1. The predicted octanol–water partition coefficient (Wildman–Crippen LogP) is 2.75. The van der Waals surface area contributed by atoms with Crippen LogP contribution in [0.3, 0.4) is 0 Å². The van der Waals surface area contributed by atoms with E-state index >= 15 is 0 Å². The lowest BCUT2D eigenvalue weighted by Gasteiger charge is -2.21. The summed E-state index contributed by atoms with van der Waals surface area (Å²) < 4.78 is 0. The summed E-state index contributed by atoms with van der Waals surface area (Å²) in [5.41, 5.74) is 2.02. The van der Waals surface area contributed by atoms with Crippen molar-refractivity contribution in [1.82, 2.24) is 20.5 Å². The van der Waals surface area contributed by atoms with Crippen molar-refractivity contribution in [2.75, 3.05) is 13.1 Å². The molecule has 0 spiro atoms. The second-order valence-electron chi connectivity index (χ2n) is 6.28. The molecule has 3 rings (SSSR count). The van der Waals surface area contributed by atoms with Crippen LogP contribution < -0.4 is 10.6 Å². The minimum absolute atomic E-state index is 0.0807. The Labute approximate surface area is 163 Å². The monoisotopic (exact) mass is 381 g/mol. The molecule has 2 heterocycles. The minimum Gasteiger partial charge on any atom is -0.369 e. The van der Waals surface area contributed by atoms with Crippen LogP contribution in [0.2, 0.25) is 5.15 Å². The summed E-state index contributed by atoms with van der Waals surface area (Å²) in [6.45, 7) is 3.80. The van der Waals surface area contributed by atoms with Crippen LogP contribution in [0.15, 0.2) is 60.1 Å². The van der Waals surface area contributed by atoms with E-state index in [1.807, 2.05) is 48.2 Å². The van der Waals surface area contributed by atoms with E-state index in [2.05, 4.69) is 21.7 Å². The third-order valence-electron chi connectivity index (χ3n) is 4.38. The van der Waals surface area contributed by atoms with Gasteiger partial charge in [-0.1, -0.05) is 48.0 Å². The van der Waals surface area contributed by atoms with Crippen LogP contribution in [0, 0.1) is 11.3 Å². The van der Waals surface area contributed by atoms with Gasteiger partial charge in [0.05, 0.1) is 6.04 Å². The fourth-order valence-corrected chi connectivity index (χ4v) is 3.07. The second-order valence-corrected chi connectivity index (χ2v) is 6.67. The van der Waals surface area contributed by atoms with Crippen molar-refractivity contribution >= 4 is 17.5 Å². The first-order chi connectivity index (χ1) is 13.1. The van der Waals surface area contributed by atoms with E-state index < -0.39 is 5.91 Å². The van der Waals surface area contributed by atoms with Crippen molar-refractivity contribution in [2.24, 2.45) is 0 Å². The van der Waals surface area contributed by atoms with Crippen molar-refractivity contribution in [3.8, 4) is 6.07 Å². The lowest BCUT2D eigenvalue weighted by molar-refractivity contribution is -0.117. The smallest absolute Gasteiger partial charge is 0.266 e. The average Bonchev–Trinajstić information content (AvgIpc) is 3.12.